The van der Waals surface area contributed by atoms with Crippen LogP contribution in [0.2, 0.25) is 0 Å². The summed E-state index contributed by atoms with van der Waals surface area (Å²) in [5.41, 5.74) is 0.529. The number of morpholine rings is 1. The number of carbonyl (C=O) groups excluding carboxylic acids is 1. The number of rotatable bonds is 6. The topological polar surface area (TPSA) is 89.4 Å². The molecule has 2 aliphatic heterocycles. The molecule has 2 aliphatic rings. The summed E-state index contributed by atoms with van der Waals surface area (Å²) in [6.07, 6.45) is 1.14. The van der Waals surface area contributed by atoms with Crippen molar-refractivity contribution in [3.8, 4) is 5.75 Å². The summed E-state index contributed by atoms with van der Waals surface area (Å²) < 4.78 is 5.46. The maximum Gasteiger partial charge on any atom is 0.251 e. The van der Waals surface area contributed by atoms with Crippen LogP contribution in [0, 0.1) is 0 Å². The van der Waals surface area contributed by atoms with Crippen molar-refractivity contribution in [3.05, 3.63) is 29.8 Å². The highest BCUT2D eigenvalue weighted by Gasteiger charge is 2.30. The van der Waals surface area contributed by atoms with Crippen LogP contribution >= 0.6 is 0 Å². The van der Waals surface area contributed by atoms with Crippen molar-refractivity contribution in [2.24, 2.45) is 4.99 Å². The lowest BCUT2D eigenvalue weighted by Gasteiger charge is -2.32. The SMILES string of the molecule is CCNC(=NCCNC(=O)c1ccc(O)cc1)N1CCC(N2CCOCC2)C1. The average Bonchev–Trinajstić information content (AvgIpc) is 3.21. The Morgan fingerprint density at radius 1 is 1.21 bits per heavy atom. The molecule has 2 heterocycles. The van der Waals surface area contributed by atoms with Crippen molar-refractivity contribution in [2.75, 3.05) is 59.0 Å². The standard InChI is InChI=1S/C20H31N5O3/c1-2-21-20(25-10-7-17(15-25)24-11-13-28-14-12-24)23-9-8-22-19(27)16-3-5-18(26)6-4-16/h3-6,17,26H,2,7-15H2,1H3,(H,21,23)(H,22,27). The van der Waals surface area contributed by atoms with Crippen LogP contribution in [-0.4, -0.2) is 91.8 Å². The number of nitrogens with zero attached hydrogens (tertiary/aromatic N) is 3. The summed E-state index contributed by atoms with van der Waals surface area (Å²) in [4.78, 5) is 21.6. The van der Waals surface area contributed by atoms with Gasteiger partial charge in [0, 0.05) is 50.9 Å². The second-order valence-electron chi connectivity index (χ2n) is 7.08. The molecule has 1 atom stereocenters. The van der Waals surface area contributed by atoms with Crippen LogP contribution in [0.5, 0.6) is 5.75 Å². The number of aliphatic imine (C=N–C) groups is 1. The summed E-state index contributed by atoms with van der Waals surface area (Å²) in [7, 11) is 0. The minimum atomic E-state index is -0.159. The first-order chi connectivity index (χ1) is 13.7. The lowest BCUT2D eigenvalue weighted by molar-refractivity contribution is 0.0195. The summed E-state index contributed by atoms with van der Waals surface area (Å²) in [6.45, 7) is 9.51. The molecule has 1 aromatic carbocycles. The van der Waals surface area contributed by atoms with E-state index in [1.807, 2.05) is 0 Å². The number of ether oxygens (including phenoxy) is 1. The number of guanidine groups is 1. The summed E-state index contributed by atoms with van der Waals surface area (Å²) in [6, 6.07) is 6.78. The van der Waals surface area contributed by atoms with Gasteiger partial charge in [-0.25, -0.2) is 0 Å². The molecule has 8 nitrogen and oxygen atoms in total. The minimum absolute atomic E-state index is 0.150. The lowest BCUT2D eigenvalue weighted by atomic mass is 10.2. The lowest BCUT2D eigenvalue weighted by Crippen LogP contribution is -2.46. The van der Waals surface area contributed by atoms with E-state index < -0.39 is 0 Å². The van der Waals surface area contributed by atoms with Gasteiger partial charge in [0.1, 0.15) is 5.75 Å². The largest absolute Gasteiger partial charge is 0.508 e. The third kappa shape index (κ3) is 5.59. The number of phenolic OH excluding ortho intramolecular Hbond substituents is 1. The van der Waals surface area contributed by atoms with Gasteiger partial charge < -0.3 is 25.4 Å². The Morgan fingerprint density at radius 3 is 2.68 bits per heavy atom. The van der Waals surface area contributed by atoms with E-state index in [9.17, 15) is 9.90 Å². The van der Waals surface area contributed by atoms with Crippen LogP contribution in [0.25, 0.3) is 0 Å². The molecular weight excluding hydrogens is 358 g/mol. The van der Waals surface area contributed by atoms with Crippen molar-refractivity contribution in [3.63, 3.8) is 0 Å². The van der Waals surface area contributed by atoms with Crippen molar-refractivity contribution in [1.29, 1.82) is 0 Å². The average molecular weight is 390 g/mol. The molecule has 0 aromatic heterocycles. The number of aromatic hydroxyl groups is 1. The molecule has 0 aliphatic carbocycles. The first-order valence-electron chi connectivity index (χ1n) is 10.1. The molecule has 8 heteroatoms. The number of hydrogen-bond donors (Lipinski definition) is 3. The molecule has 3 rings (SSSR count). The molecule has 0 radical (unpaired) electrons. The molecule has 1 aromatic rings. The van der Waals surface area contributed by atoms with E-state index in [1.165, 1.54) is 12.1 Å². The van der Waals surface area contributed by atoms with Crippen molar-refractivity contribution < 1.29 is 14.6 Å². The molecule has 2 fully saturated rings. The van der Waals surface area contributed by atoms with Crippen LogP contribution in [0.1, 0.15) is 23.7 Å². The predicted octanol–water partition coefficient (Wildman–Crippen LogP) is 0.494. The van der Waals surface area contributed by atoms with Gasteiger partial charge in [-0.3, -0.25) is 14.7 Å². The number of carbonyl (C=O) groups is 1. The first kappa shape index (κ1) is 20.4. The smallest absolute Gasteiger partial charge is 0.251 e. The molecular formula is C20H31N5O3. The molecule has 28 heavy (non-hydrogen) atoms. The van der Waals surface area contributed by atoms with Gasteiger partial charge in [0.05, 0.1) is 19.8 Å². The number of hydrogen-bond acceptors (Lipinski definition) is 5. The van der Waals surface area contributed by atoms with Crippen molar-refractivity contribution >= 4 is 11.9 Å². The Bertz CT molecular complexity index is 658. The summed E-state index contributed by atoms with van der Waals surface area (Å²) in [5.74, 6) is 0.906. The zero-order chi connectivity index (χ0) is 19.8. The van der Waals surface area contributed by atoms with Crippen LogP contribution < -0.4 is 10.6 Å². The van der Waals surface area contributed by atoms with Crippen molar-refractivity contribution in [2.45, 2.75) is 19.4 Å². The molecule has 0 spiro atoms. The number of nitrogens with one attached hydrogen (secondary N) is 2. The van der Waals surface area contributed by atoms with Gasteiger partial charge in [0.15, 0.2) is 5.96 Å². The fraction of sp³-hybridized carbons (Fsp3) is 0.600. The first-order valence-corrected chi connectivity index (χ1v) is 10.1. The van der Waals surface area contributed by atoms with Crippen LogP contribution in [-0.2, 0) is 4.74 Å². The third-order valence-corrected chi connectivity index (χ3v) is 5.15. The van der Waals surface area contributed by atoms with Crippen molar-refractivity contribution in [1.82, 2.24) is 20.4 Å². The Morgan fingerprint density at radius 2 is 1.96 bits per heavy atom. The third-order valence-electron chi connectivity index (χ3n) is 5.15. The highest BCUT2D eigenvalue weighted by molar-refractivity contribution is 5.94. The molecule has 0 saturated carbocycles. The maximum atomic E-state index is 12.1. The fourth-order valence-corrected chi connectivity index (χ4v) is 3.65. The Kier molecular flexibility index (Phi) is 7.50. The van der Waals surface area contributed by atoms with Gasteiger partial charge in [-0.1, -0.05) is 0 Å². The maximum absolute atomic E-state index is 12.1. The molecule has 1 unspecified atom stereocenters. The molecule has 0 bridgehead atoms. The Balaban J connectivity index is 1.47. The van der Waals surface area contributed by atoms with Crippen LogP contribution in [0.15, 0.2) is 29.3 Å². The quantitative estimate of drug-likeness (QED) is 0.373. The fourth-order valence-electron chi connectivity index (χ4n) is 3.65. The monoisotopic (exact) mass is 389 g/mol. The second-order valence-corrected chi connectivity index (χ2v) is 7.08. The van der Waals surface area contributed by atoms with E-state index in [-0.39, 0.29) is 11.7 Å². The Labute approximate surface area is 166 Å². The number of phenols is 1. The van der Waals surface area contributed by atoms with Gasteiger partial charge in [0.25, 0.3) is 5.91 Å². The van der Waals surface area contributed by atoms with E-state index in [1.54, 1.807) is 12.1 Å². The van der Waals surface area contributed by atoms with Gasteiger partial charge in [-0.05, 0) is 37.6 Å². The van der Waals surface area contributed by atoms with Crippen LogP contribution in [0.3, 0.4) is 0 Å². The van der Waals surface area contributed by atoms with Gasteiger partial charge >= 0.3 is 0 Å². The molecule has 1 amide bonds. The van der Waals surface area contributed by atoms with E-state index in [0.29, 0.717) is 24.7 Å². The van der Waals surface area contributed by atoms with E-state index in [4.69, 9.17) is 4.74 Å². The minimum Gasteiger partial charge on any atom is -0.508 e. The van der Waals surface area contributed by atoms with Gasteiger partial charge in [-0.2, -0.15) is 0 Å². The Hall–Kier alpha value is -2.32. The summed E-state index contributed by atoms with van der Waals surface area (Å²) >= 11 is 0. The normalized spacial score (nSPS) is 21.0. The molecule has 154 valence electrons. The van der Waals surface area contributed by atoms with E-state index in [0.717, 1.165) is 58.3 Å². The van der Waals surface area contributed by atoms with Gasteiger partial charge in [-0.15, -0.1) is 0 Å². The second kappa shape index (κ2) is 10.3. The zero-order valence-corrected chi connectivity index (χ0v) is 16.6. The number of benzene rings is 1. The number of amides is 1. The predicted molar refractivity (Wildman–Crippen MR) is 109 cm³/mol. The molecule has 3 N–H and O–H groups in total. The molecule has 2 saturated heterocycles. The van der Waals surface area contributed by atoms with E-state index in [2.05, 4.69) is 32.3 Å². The summed E-state index contributed by atoms with van der Waals surface area (Å²) in [5, 5.41) is 15.5. The number of likely N-dealkylation sites (tertiary alicyclic amines) is 1. The zero-order valence-electron chi connectivity index (χ0n) is 16.6. The highest BCUT2D eigenvalue weighted by Crippen LogP contribution is 2.17. The highest BCUT2D eigenvalue weighted by atomic mass is 16.5. The van der Waals surface area contributed by atoms with Gasteiger partial charge in [0.2, 0.25) is 0 Å². The van der Waals surface area contributed by atoms with E-state index >= 15 is 0 Å². The van der Waals surface area contributed by atoms with Crippen LogP contribution in [0.4, 0.5) is 0 Å².